The highest BCUT2D eigenvalue weighted by Crippen LogP contribution is 2.30. The average molecular weight is 276 g/mol. The van der Waals surface area contributed by atoms with E-state index >= 15 is 0 Å². The second kappa shape index (κ2) is 4.57. The van der Waals surface area contributed by atoms with E-state index < -0.39 is 0 Å². The van der Waals surface area contributed by atoms with Gasteiger partial charge in [0, 0.05) is 28.7 Å². The van der Waals surface area contributed by atoms with Gasteiger partial charge in [-0.25, -0.2) is 0 Å². The normalized spacial score (nSPS) is 12.0. The number of hydrogen-bond acceptors (Lipinski definition) is 1. The number of rotatable bonds is 2. The third-order valence-electron chi connectivity index (χ3n) is 4.04. The summed E-state index contributed by atoms with van der Waals surface area (Å²) in [6.07, 6.45) is 4.09. The molecule has 4 aromatic rings. The molecule has 21 heavy (non-hydrogen) atoms. The van der Waals surface area contributed by atoms with Gasteiger partial charge in [0.05, 0.1) is 25.1 Å². The van der Waals surface area contributed by atoms with Crippen LogP contribution in [0.25, 0.3) is 32.6 Å². The Morgan fingerprint density at radius 1 is 1.00 bits per heavy atom. The molecule has 2 aromatic carbocycles. The van der Waals surface area contributed by atoms with Gasteiger partial charge in [0.25, 0.3) is 0 Å². The number of quaternary nitrogens is 1. The molecule has 3 nitrogen and oxygen atoms in total. The topological polar surface area (TPSA) is 33.1 Å². The first kappa shape index (κ1) is 12.4. The van der Waals surface area contributed by atoms with E-state index in [1.807, 2.05) is 6.20 Å². The fourth-order valence-corrected chi connectivity index (χ4v) is 3.11. The predicted octanol–water partition coefficient (Wildman–Crippen LogP) is 2.51. The first-order chi connectivity index (χ1) is 10.2. The molecule has 0 bridgehead atoms. The van der Waals surface area contributed by atoms with Crippen LogP contribution in [0.3, 0.4) is 0 Å². The molecule has 0 saturated carbocycles. The molecule has 0 unspecified atom stereocenters. The summed E-state index contributed by atoms with van der Waals surface area (Å²) in [4.78, 5) is 9.51. The van der Waals surface area contributed by atoms with Gasteiger partial charge in [-0.05, 0) is 10.8 Å². The SMILES string of the molecule is C[NH+](C)Cc1cnc2c1ccc1c3ccccc3c[nH]c12. The van der Waals surface area contributed by atoms with E-state index in [1.165, 1.54) is 32.0 Å². The maximum atomic E-state index is 4.66. The Balaban J connectivity index is 2.06. The molecule has 2 aromatic heterocycles. The first-order valence-electron chi connectivity index (χ1n) is 7.29. The van der Waals surface area contributed by atoms with Gasteiger partial charge in [0.1, 0.15) is 6.54 Å². The number of benzene rings is 2. The molecule has 2 heterocycles. The van der Waals surface area contributed by atoms with Gasteiger partial charge >= 0.3 is 0 Å². The summed E-state index contributed by atoms with van der Waals surface area (Å²) in [6, 6.07) is 12.9. The number of hydrogen-bond donors (Lipinski definition) is 2. The molecule has 0 aliphatic carbocycles. The van der Waals surface area contributed by atoms with Crippen LogP contribution < -0.4 is 4.90 Å². The summed E-state index contributed by atoms with van der Waals surface area (Å²) in [7, 11) is 4.33. The molecular weight excluding hydrogens is 258 g/mol. The molecule has 4 rings (SSSR count). The van der Waals surface area contributed by atoms with Crippen molar-refractivity contribution in [3.05, 3.63) is 54.4 Å². The number of aromatic nitrogens is 2. The van der Waals surface area contributed by atoms with Crippen molar-refractivity contribution in [1.29, 1.82) is 0 Å². The highest BCUT2D eigenvalue weighted by atomic mass is 15.0. The zero-order valence-corrected chi connectivity index (χ0v) is 12.3. The van der Waals surface area contributed by atoms with Crippen molar-refractivity contribution in [3.63, 3.8) is 0 Å². The van der Waals surface area contributed by atoms with Gasteiger partial charge in [0.15, 0.2) is 0 Å². The number of aromatic amines is 1. The Morgan fingerprint density at radius 3 is 2.67 bits per heavy atom. The Morgan fingerprint density at radius 2 is 1.81 bits per heavy atom. The van der Waals surface area contributed by atoms with Crippen LogP contribution >= 0.6 is 0 Å². The molecule has 0 fully saturated rings. The lowest BCUT2D eigenvalue weighted by Gasteiger charge is -2.07. The number of nitrogens with one attached hydrogen (secondary N) is 2. The highest BCUT2D eigenvalue weighted by Gasteiger charge is 2.11. The van der Waals surface area contributed by atoms with Crippen LogP contribution in [0, 0.1) is 0 Å². The monoisotopic (exact) mass is 276 g/mol. The van der Waals surface area contributed by atoms with Crippen molar-refractivity contribution in [2.45, 2.75) is 6.54 Å². The fraction of sp³-hybridized carbons (Fsp3) is 0.167. The van der Waals surface area contributed by atoms with Gasteiger partial charge in [-0.1, -0.05) is 36.4 Å². The van der Waals surface area contributed by atoms with Gasteiger partial charge in [-0.15, -0.1) is 0 Å². The highest BCUT2D eigenvalue weighted by molar-refractivity contribution is 6.14. The van der Waals surface area contributed by atoms with Crippen LogP contribution in [0.1, 0.15) is 5.56 Å². The Kier molecular flexibility index (Phi) is 2.69. The fourth-order valence-electron chi connectivity index (χ4n) is 3.11. The minimum atomic E-state index is 0.996. The van der Waals surface area contributed by atoms with Crippen LogP contribution in [0.4, 0.5) is 0 Å². The van der Waals surface area contributed by atoms with Crippen molar-refractivity contribution in [1.82, 2.24) is 9.97 Å². The van der Waals surface area contributed by atoms with Gasteiger partial charge in [-0.3, -0.25) is 4.98 Å². The number of pyridine rings is 1. The van der Waals surface area contributed by atoms with E-state index in [-0.39, 0.29) is 0 Å². The molecule has 104 valence electrons. The zero-order chi connectivity index (χ0) is 14.4. The van der Waals surface area contributed by atoms with E-state index in [2.05, 4.69) is 66.7 Å². The molecule has 0 spiro atoms. The van der Waals surface area contributed by atoms with Gasteiger partial charge < -0.3 is 9.88 Å². The maximum absolute atomic E-state index is 4.66. The molecule has 0 aliphatic heterocycles. The standard InChI is InChI=1S/C18H17N3/c1-21(2)11-13-10-20-17-15(13)7-8-16-14-6-4-3-5-12(14)9-19-18(16)17/h3-10,19H,11H2,1-2H3/p+1. The van der Waals surface area contributed by atoms with Gasteiger partial charge in [-0.2, -0.15) is 0 Å². The summed E-state index contributed by atoms with van der Waals surface area (Å²) in [5, 5.41) is 5.00. The largest absolute Gasteiger partial charge is 0.359 e. The van der Waals surface area contributed by atoms with Crippen molar-refractivity contribution in [2.24, 2.45) is 0 Å². The van der Waals surface area contributed by atoms with Crippen molar-refractivity contribution in [3.8, 4) is 0 Å². The van der Waals surface area contributed by atoms with E-state index in [4.69, 9.17) is 0 Å². The molecule has 3 heteroatoms. The quantitative estimate of drug-likeness (QED) is 0.542. The van der Waals surface area contributed by atoms with Gasteiger partial charge in [0.2, 0.25) is 0 Å². The van der Waals surface area contributed by atoms with E-state index in [1.54, 1.807) is 0 Å². The Labute approximate surface area is 123 Å². The molecule has 2 N–H and O–H groups in total. The van der Waals surface area contributed by atoms with Crippen molar-refractivity contribution in [2.75, 3.05) is 14.1 Å². The van der Waals surface area contributed by atoms with Crippen LogP contribution in [0.2, 0.25) is 0 Å². The second-order valence-electron chi connectivity index (χ2n) is 5.93. The molecule has 0 aliphatic rings. The van der Waals surface area contributed by atoms with Crippen LogP contribution in [-0.4, -0.2) is 24.1 Å². The maximum Gasteiger partial charge on any atom is 0.105 e. The summed E-state index contributed by atoms with van der Waals surface area (Å²) in [5.41, 5.74) is 3.52. The van der Waals surface area contributed by atoms with Crippen molar-refractivity contribution < 1.29 is 4.90 Å². The third-order valence-corrected chi connectivity index (χ3v) is 4.04. The van der Waals surface area contributed by atoms with E-state index in [9.17, 15) is 0 Å². The Hall–Kier alpha value is -2.39. The van der Waals surface area contributed by atoms with Crippen LogP contribution in [-0.2, 0) is 6.54 Å². The molecule has 0 radical (unpaired) electrons. The summed E-state index contributed by atoms with van der Waals surface area (Å²) in [5.74, 6) is 0. The number of nitrogens with zero attached hydrogens (tertiary/aromatic N) is 1. The average Bonchev–Trinajstić information content (AvgIpc) is 2.89. The smallest absolute Gasteiger partial charge is 0.105 e. The number of H-pyrrole nitrogens is 1. The van der Waals surface area contributed by atoms with Crippen LogP contribution in [0.5, 0.6) is 0 Å². The summed E-state index contributed by atoms with van der Waals surface area (Å²) in [6.45, 7) is 0.996. The molecule has 0 atom stereocenters. The summed E-state index contributed by atoms with van der Waals surface area (Å²) < 4.78 is 0. The lowest BCUT2D eigenvalue weighted by atomic mass is 10.0. The summed E-state index contributed by atoms with van der Waals surface area (Å²) >= 11 is 0. The first-order valence-corrected chi connectivity index (χ1v) is 7.29. The molecule has 0 saturated heterocycles. The third kappa shape index (κ3) is 1.89. The van der Waals surface area contributed by atoms with Crippen molar-refractivity contribution >= 4 is 32.6 Å². The molecular formula is C18H18N3+. The van der Waals surface area contributed by atoms with E-state index in [0.29, 0.717) is 0 Å². The minimum absolute atomic E-state index is 0.996. The molecule has 0 amide bonds. The lowest BCUT2D eigenvalue weighted by Crippen LogP contribution is -3.04. The Bertz CT molecular complexity index is 951. The second-order valence-corrected chi connectivity index (χ2v) is 5.93. The lowest BCUT2D eigenvalue weighted by molar-refractivity contribution is -0.872. The minimum Gasteiger partial charge on any atom is -0.359 e. The zero-order valence-electron chi connectivity index (χ0n) is 12.3. The predicted molar refractivity (Wildman–Crippen MR) is 87.6 cm³/mol. The van der Waals surface area contributed by atoms with Crippen LogP contribution in [0.15, 0.2) is 48.8 Å². The van der Waals surface area contributed by atoms with E-state index in [0.717, 1.165) is 17.6 Å². The number of fused-ring (bicyclic) bond motifs is 5.